The zero-order valence-electron chi connectivity index (χ0n) is 31.0. The Kier molecular flexibility index (Phi) is 15.4. The van der Waals surface area contributed by atoms with Crippen LogP contribution in [0.15, 0.2) is 36.7 Å². The van der Waals surface area contributed by atoms with E-state index in [1.54, 1.807) is 24.4 Å². The fraction of sp³-hybridized carbons (Fsp3) is 0.676. The molecule has 0 bridgehead atoms. The van der Waals surface area contributed by atoms with Crippen LogP contribution in [0.25, 0.3) is 0 Å². The highest BCUT2D eigenvalue weighted by Crippen LogP contribution is 2.42. The number of aromatic nitrogens is 4. The van der Waals surface area contributed by atoms with Crippen LogP contribution in [-0.4, -0.2) is 143 Å². The van der Waals surface area contributed by atoms with Crippen LogP contribution < -0.4 is 5.32 Å². The molecule has 0 aromatic carbocycles. The Morgan fingerprint density at radius 1 is 0.678 bits per heavy atom. The minimum atomic E-state index is -5.71. The Balaban J connectivity index is 0.000000225. The summed E-state index contributed by atoms with van der Waals surface area (Å²) in [4.78, 5) is 37.4. The molecule has 0 aliphatic carbocycles. The SMILES string of the molecule is O=C(OC(C(F)(F)F)C(F)(F)F)N1CCC2(CCN(Cc3cccnn3)C2)CC1.O=C(OC(C(F)(F)F)C(F)(F)F)N1CCC2(CCNC2)CC1.O=Cc1cccnn1. The summed E-state index contributed by atoms with van der Waals surface area (Å²) in [6.45, 7) is 4.02. The molecule has 6 heterocycles. The lowest BCUT2D eigenvalue weighted by Crippen LogP contribution is -2.50. The summed E-state index contributed by atoms with van der Waals surface area (Å²) in [6.07, 6.45) is -26.6. The molecule has 59 heavy (non-hydrogen) atoms. The topological polar surface area (TPSA) is 143 Å². The molecule has 0 unspecified atom stereocenters. The third kappa shape index (κ3) is 13.7. The second-order valence-electron chi connectivity index (χ2n) is 14.5. The van der Waals surface area contributed by atoms with Gasteiger partial charge in [0, 0.05) is 58.2 Å². The van der Waals surface area contributed by atoms with E-state index in [2.05, 4.69) is 40.1 Å². The van der Waals surface area contributed by atoms with E-state index in [4.69, 9.17) is 0 Å². The molecule has 0 saturated carbocycles. The molecule has 2 aromatic rings. The maximum absolute atomic E-state index is 12.6. The number of aldehydes is 1. The van der Waals surface area contributed by atoms with Gasteiger partial charge in [0.2, 0.25) is 0 Å². The smallest absolute Gasteiger partial charge is 0.426 e. The predicted octanol–water partition coefficient (Wildman–Crippen LogP) is 6.38. The fourth-order valence-electron chi connectivity index (χ4n) is 7.13. The lowest BCUT2D eigenvalue weighted by atomic mass is 9.78. The highest BCUT2D eigenvalue weighted by atomic mass is 19.4. The van der Waals surface area contributed by atoms with Crippen LogP contribution in [-0.2, 0) is 16.0 Å². The van der Waals surface area contributed by atoms with Gasteiger partial charge >= 0.3 is 36.9 Å². The van der Waals surface area contributed by atoms with Crippen molar-refractivity contribution >= 4 is 18.5 Å². The molecule has 4 saturated heterocycles. The van der Waals surface area contributed by atoms with Crippen molar-refractivity contribution in [3.8, 4) is 0 Å². The van der Waals surface area contributed by atoms with Crippen molar-refractivity contribution in [2.24, 2.45) is 10.8 Å². The second-order valence-corrected chi connectivity index (χ2v) is 14.5. The zero-order chi connectivity index (χ0) is 43.7. The van der Waals surface area contributed by atoms with Crippen molar-refractivity contribution in [3.05, 3.63) is 48.0 Å². The number of amides is 2. The van der Waals surface area contributed by atoms with Crippen molar-refractivity contribution in [3.63, 3.8) is 0 Å². The number of piperidine rings is 2. The fourth-order valence-corrected chi connectivity index (χ4v) is 7.13. The standard InChI is InChI=1S/C17H20F6N4O2.C12H16F6N2O2.C5H4N2O/c18-16(19,20)13(17(21,22)23)29-14(28)27-8-4-15(5-9-27)3-7-26(11-15)10-12-2-1-6-24-25-12;13-11(14,15)8(12(16,17)18)22-9(21)20-5-2-10(3-6-20)1-4-19-7-10;8-4-5-2-1-3-6-7-5/h1-2,6,13H,3-5,7-11H2;8,19H,1-7H2;1-4H. The monoisotopic (exact) mass is 868 g/mol. The van der Waals surface area contributed by atoms with Gasteiger partial charge < -0.3 is 24.6 Å². The van der Waals surface area contributed by atoms with Gasteiger partial charge in [-0.15, -0.1) is 5.10 Å². The van der Waals surface area contributed by atoms with Crippen LogP contribution >= 0.6 is 0 Å². The van der Waals surface area contributed by atoms with Gasteiger partial charge in [-0.3, -0.25) is 9.69 Å². The molecule has 6 rings (SSSR count). The Morgan fingerprint density at radius 3 is 1.51 bits per heavy atom. The molecule has 2 amide bonds. The van der Waals surface area contributed by atoms with Gasteiger partial charge in [0.25, 0.3) is 12.2 Å². The van der Waals surface area contributed by atoms with Gasteiger partial charge in [-0.25, -0.2) is 9.59 Å². The summed E-state index contributed by atoms with van der Waals surface area (Å²) in [7, 11) is 0. The van der Waals surface area contributed by atoms with Gasteiger partial charge in [0.15, 0.2) is 6.29 Å². The summed E-state index contributed by atoms with van der Waals surface area (Å²) in [5.74, 6) is 0. The minimum absolute atomic E-state index is 0.00969. The number of likely N-dealkylation sites (tertiary alicyclic amines) is 3. The number of hydrogen-bond acceptors (Lipinski definition) is 11. The third-order valence-electron chi connectivity index (χ3n) is 10.4. The number of ether oxygens (including phenoxy) is 2. The van der Waals surface area contributed by atoms with E-state index >= 15 is 0 Å². The molecular formula is C34H40F12N8O5. The molecular weight excluding hydrogens is 828 g/mol. The first-order valence-corrected chi connectivity index (χ1v) is 18.1. The van der Waals surface area contributed by atoms with E-state index in [1.165, 1.54) is 6.20 Å². The van der Waals surface area contributed by atoms with Crippen LogP contribution in [0, 0.1) is 10.8 Å². The number of nitrogens with one attached hydrogen (secondary N) is 1. The first-order valence-electron chi connectivity index (χ1n) is 18.1. The van der Waals surface area contributed by atoms with Crippen molar-refractivity contribution < 1.29 is 76.5 Å². The third-order valence-corrected chi connectivity index (χ3v) is 10.4. The summed E-state index contributed by atoms with van der Waals surface area (Å²) in [5, 5.41) is 18.0. The van der Waals surface area contributed by atoms with Crippen molar-refractivity contribution in [1.29, 1.82) is 0 Å². The van der Waals surface area contributed by atoms with Crippen molar-refractivity contribution in [2.45, 2.75) is 82.0 Å². The minimum Gasteiger partial charge on any atom is -0.426 e. The maximum Gasteiger partial charge on any atom is 0.434 e. The highest BCUT2D eigenvalue weighted by molar-refractivity contribution is 5.71. The first kappa shape index (κ1) is 47.1. The van der Waals surface area contributed by atoms with E-state index in [9.17, 15) is 67.1 Å². The van der Waals surface area contributed by atoms with E-state index in [1.807, 2.05) is 6.07 Å². The number of nitrogens with zero attached hydrogens (tertiary/aromatic N) is 7. The largest absolute Gasteiger partial charge is 0.434 e. The Hall–Kier alpha value is -4.55. The molecule has 1 N–H and O–H groups in total. The summed E-state index contributed by atoms with van der Waals surface area (Å²) >= 11 is 0. The molecule has 4 fully saturated rings. The summed E-state index contributed by atoms with van der Waals surface area (Å²) < 4.78 is 157. The van der Waals surface area contributed by atoms with Gasteiger partial charge in [-0.05, 0) is 86.7 Å². The number of hydrogen-bond donors (Lipinski definition) is 1. The Labute approximate surface area is 328 Å². The van der Waals surface area contributed by atoms with E-state index in [0.717, 1.165) is 54.5 Å². The van der Waals surface area contributed by atoms with Gasteiger partial charge in [0.05, 0.1) is 5.69 Å². The predicted molar refractivity (Wildman–Crippen MR) is 178 cm³/mol. The summed E-state index contributed by atoms with van der Waals surface area (Å²) in [5.41, 5.74) is 1.06. The number of carbonyl (C=O) groups is 3. The lowest BCUT2D eigenvalue weighted by Gasteiger charge is -2.39. The number of rotatable bonds is 5. The first-order chi connectivity index (χ1) is 27.5. The van der Waals surface area contributed by atoms with Crippen molar-refractivity contribution in [1.82, 2.24) is 40.4 Å². The quantitative estimate of drug-likeness (QED) is 0.265. The van der Waals surface area contributed by atoms with Crippen LogP contribution in [0.2, 0.25) is 0 Å². The summed E-state index contributed by atoms with van der Waals surface area (Å²) in [6, 6.07) is 6.90. The molecule has 4 aliphatic heterocycles. The van der Waals surface area contributed by atoms with Crippen molar-refractivity contribution in [2.75, 3.05) is 52.4 Å². The zero-order valence-corrected chi connectivity index (χ0v) is 31.0. The van der Waals surface area contributed by atoms with Gasteiger partial charge in [-0.1, -0.05) is 0 Å². The van der Waals surface area contributed by atoms with Crippen LogP contribution in [0.3, 0.4) is 0 Å². The molecule has 2 spiro atoms. The van der Waals surface area contributed by atoms with Gasteiger partial charge in [-0.2, -0.15) is 68.0 Å². The average Bonchev–Trinajstić information content (AvgIpc) is 3.79. The number of alkyl halides is 12. The maximum atomic E-state index is 12.6. The van der Waals surface area contributed by atoms with Crippen LogP contribution in [0.4, 0.5) is 62.3 Å². The van der Waals surface area contributed by atoms with E-state index in [-0.39, 0.29) is 37.0 Å². The van der Waals surface area contributed by atoms with Crippen LogP contribution in [0.1, 0.15) is 54.7 Å². The molecule has 0 atom stereocenters. The molecule has 0 radical (unpaired) electrons. The molecule has 13 nitrogen and oxygen atoms in total. The average molecular weight is 869 g/mol. The second kappa shape index (κ2) is 19.2. The van der Waals surface area contributed by atoms with Gasteiger partial charge in [0.1, 0.15) is 5.69 Å². The molecule has 25 heteroatoms. The Morgan fingerprint density at radius 2 is 1.14 bits per heavy atom. The highest BCUT2D eigenvalue weighted by Gasteiger charge is 2.61. The van der Waals surface area contributed by atoms with Crippen LogP contribution in [0.5, 0.6) is 0 Å². The normalized spacial score (nSPS) is 19.6. The lowest BCUT2D eigenvalue weighted by molar-refractivity contribution is -0.309. The number of carbonyl (C=O) groups excluding carboxylic acids is 3. The molecule has 2 aromatic heterocycles. The van der Waals surface area contributed by atoms with E-state index < -0.39 is 49.1 Å². The van der Waals surface area contributed by atoms with E-state index in [0.29, 0.717) is 44.2 Å². The molecule has 330 valence electrons. The molecule has 4 aliphatic rings. The Bertz CT molecular complexity index is 1620. The number of halogens is 12.